The van der Waals surface area contributed by atoms with Crippen LogP contribution in [0.4, 0.5) is 22.7 Å². The van der Waals surface area contributed by atoms with E-state index in [1.807, 2.05) is 103 Å². The number of para-hydroxylation sites is 3. The van der Waals surface area contributed by atoms with Gasteiger partial charge in [-0.3, -0.25) is 47.2 Å². The van der Waals surface area contributed by atoms with Gasteiger partial charge in [0.2, 0.25) is 22.9 Å². The number of anilines is 3. The van der Waals surface area contributed by atoms with Gasteiger partial charge in [0, 0.05) is 188 Å². The van der Waals surface area contributed by atoms with Crippen molar-refractivity contribution >= 4 is 93.1 Å². The average molecular weight is 2020 g/mol. The van der Waals surface area contributed by atoms with E-state index in [0.29, 0.717) is 49.2 Å². The van der Waals surface area contributed by atoms with Crippen molar-refractivity contribution in [1.29, 1.82) is 0 Å². The van der Waals surface area contributed by atoms with Crippen molar-refractivity contribution in [2.24, 2.45) is 0 Å². The number of aromatic nitrogens is 2. The predicted molar refractivity (Wildman–Crippen MR) is 535 cm³/mol. The number of nitrogens with one attached hydrogen (secondary N) is 3. The number of aliphatic hydroxyl groups excluding tert-OH is 1. The molecule has 3 amide bonds. The fraction of sp³-hybridized carbons (Fsp3) is 0.417. The second-order valence-electron chi connectivity index (χ2n) is 38.8. The monoisotopic (exact) mass is 2020 g/mol. The molecular weight excluding hydrogens is 1900 g/mol. The van der Waals surface area contributed by atoms with Crippen LogP contribution in [0.1, 0.15) is 218 Å². The largest absolute Gasteiger partial charge is 0.756 e. The predicted octanol–water partition coefficient (Wildman–Crippen LogP) is 11.4. The summed E-state index contributed by atoms with van der Waals surface area (Å²) in [4.78, 5) is 145. The van der Waals surface area contributed by atoms with Gasteiger partial charge in [0.25, 0.3) is 34.9 Å². The van der Waals surface area contributed by atoms with Crippen LogP contribution in [-0.4, -0.2) is 176 Å². The Hall–Kier alpha value is -11.8. The maximum absolute atomic E-state index is 14.1. The maximum atomic E-state index is 14.1. The molecule has 1 aromatic heterocycles. The highest BCUT2D eigenvalue weighted by molar-refractivity contribution is 7.46. The molecule has 144 heavy (non-hydrogen) atoms. The third-order valence-electron chi connectivity index (χ3n) is 28.5. The Balaban J connectivity index is 0.500. The van der Waals surface area contributed by atoms with Gasteiger partial charge in [-0.25, -0.2) is 14.2 Å². The number of carbonyl (C=O) groups excluding carboxylic acids is 4. The lowest BCUT2D eigenvalue weighted by Gasteiger charge is -2.39. The van der Waals surface area contributed by atoms with Gasteiger partial charge >= 0.3 is 11.7 Å². The van der Waals surface area contributed by atoms with Crippen LogP contribution in [-0.2, 0) is 108 Å². The second-order valence-corrected chi connectivity index (χ2v) is 42.9. The van der Waals surface area contributed by atoms with Gasteiger partial charge in [-0.2, -0.15) is 4.58 Å². The van der Waals surface area contributed by atoms with Crippen LogP contribution in [0.5, 0.6) is 11.5 Å². The molecule has 10 aliphatic rings. The van der Waals surface area contributed by atoms with Crippen LogP contribution >= 0.6 is 23.5 Å². The number of phosphoric acid groups is 3. The average Bonchev–Trinajstić information content (AvgIpc) is 1.07. The second kappa shape index (κ2) is 44.3. The molecule has 2 fully saturated rings. The summed E-state index contributed by atoms with van der Waals surface area (Å²) in [7, 11) is -16.0. The molecule has 18 rings (SSSR count). The van der Waals surface area contributed by atoms with Crippen molar-refractivity contribution in [1.82, 2.24) is 24.8 Å². The first-order chi connectivity index (χ1) is 69.4. The summed E-state index contributed by atoms with van der Waals surface area (Å²) >= 11 is 0. The first-order valence-corrected chi connectivity index (χ1v) is 54.1. The summed E-state index contributed by atoms with van der Waals surface area (Å²) in [5.74, 6) is 4.93. The Labute approximate surface area is 834 Å². The van der Waals surface area contributed by atoms with E-state index in [-0.39, 0.29) is 125 Å². The first kappa shape index (κ1) is 102. The number of rotatable bonds is 41. The number of hydrogen-bond donors (Lipinski definition) is 5. The Kier molecular flexibility index (Phi) is 31.4. The number of aromatic carboxylic acids is 1. The fourth-order valence-corrected chi connectivity index (χ4v) is 24.2. The summed E-state index contributed by atoms with van der Waals surface area (Å²) in [6, 6.07) is 40.2. The highest BCUT2D eigenvalue weighted by Crippen LogP contribution is 2.53. The number of unbranched alkanes of at least 4 members (excludes halogenated alkanes) is 2. The number of ether oxygens (including phenoxy) is 3. The number of amides is 3. The highest BCUT2D eigenvalue weighted by atomic mass is 31.2. The molecule has 5 N–H and O–H groups in total. The Morgan fingerprint density at radius 2 is 1.35 bits per heavy atom. The van der Waals surface area contributed by atoms with Gasteiger partial charge in [0.15, 0.2) is 18.0 Å². The van der Waals surface area contributed by atoms with E-state index in [1.54, 1.807) is 17.0 Å². The van der Waals surface area contributed by atoms with Crippen molar-refractivity contribution in [2.75, 3.05) is 107 Å². The van der Waals surface area contributed by atoms with Crippen LogP contribution in [0.2, 0.25) is 0 Å². The standard InChI is InChI=1S/C108H120N9O24P3/c1-107(2)84-34-12-15-37-87(84)114(56-24-58-118)93(107)39-7-5-8-40-94-108(3,4)85-35-13-16-38-88(85)115(94)57-25-60-135-143(129,130)140-89-49-61-133-91(89)68-137-144(131,132)141-90-65-97(138-92(90)69-136-142(127,128)134-59-18-6-17-50-109-95(120)47-48-96(121)116-66-75-28-10-9-26-70(75)41-42-71-27-11-14-36-86(71)116)117-67-76(104(123)111-106(117)126)43-45-77(119)31-19-51-110-103(122)74-44-46-78(81(64-74)105(124)125)98-82-62-72-29-20-52-112-54-22-32-79(99(72)112)101(82)139-102-80-33-23-55-113-53-21-30-73(100(80)113)63-83(98)102/h5,7-16,26-28,34-40,43-46,62-64,67,89-92,97,118H,6,17-25,29-33,47-61,65-66,68-69H2,1-4H3,(H5-2,109,110,111,120,122,123,124,125,126,127,128,129,130,131,132)/p-1/b45-43-/t89-,90-,91-,92-,97-/m1/s1. The Morgan fingerprint density at radius 1 is 0.653 bits per heavy atom. The number of nitrogens with zero attached hydrogens (tertiary/aromatic N) is 6. The van der Waals surface area contributed by atoms with E-state index >= 15 is 0 Å². The molecule has 0 saturated carbocycles. The van der Waals surface area contributed by atoms with Crippen molar-refractivity contribution in [2.45, 2.75) is 198 Å². The number of ketones is 1. The molecule has 3 unspecified atom stereocenters. The number of aryl methyl sites for hydroxylation is 2. The lowest BCUT2D eigenvalue weighted by molar-refractivity contribution is -0.438. The molecule has 11 heterocycles. The summed E-state index contributed by atoms with van der Waals surface area (Å²) in [5.41, 5.74) is 14.4. The smallest absolute Gasteiger partial charge is 0.336 e. The maximum Gasteiger partial charge on any atom is 0.336 e. The number of aliphatic hydroxyl groups is 1. The number of aromatic amines is 1. The SMILES string of the molecule is CC1(C)C(/C=C/C=C/C=C2/N(CCCOP(=O)([O-])O[C@@H]3CCO[C@@H]3COP(=O)([O-])O[C@@H]3C[C@H](n4cc(/C=C\C(=O)CCCNC(=O)c5ccc(C6=c7cc8c9c(c7Oc7c6cc6c%10c7CCCN%10CCC6)CCC[N+]=9CCC8)c(C(=O)O)c5)c(=O)[nH]c4=O)O[C@@H]3COP(=O)([O-])OCCCCCNC(=O)CCC(=O)N3Cc4ccccc4C#Cc4ccccc43)c3ccccc3C2(C)C)=[N+](CCCO)c2ccccc21. The third kappa shape index (κ3) is 22.6. The zero-order valence-corrected chi connectivity index (χ0v) is 83.8. The molecule has 756 valence electrons. The number of H-pyrrole nitrogens is 1. The molecule has 2 saturated heterocycles. The lowest BCUT2D eigenvalue weighted by atomic mass is 9.81. The number of carboxylic acid groups (broad SMARTS) is 1. The minimum Gasteiger partial charge on any atom is -0.756 e. The number of phosphoric ester groups is 3. The molecule has 8 aromatic rings. The van der Waals surface area contributed by atoms with E-state index < -0.39 is 108 Å². The number of fused-ring (bicyclic) bond motifs is 8. The highest BCUT2D eigenvalue weighted by Gasteiger charge is 2.47. The van der Waals surface area contributed by atoms with Crippen LogP contribution in [0, 0.1) is 11.8 Å². The van der Waals surface area contributed by atoms with Crippen molar-refractivity contribution in [3.63, 3.8) is 0 Å². The normalized spacial score (nSPS) is 20.8. The molecule has 36 heteroatoms. The molecule has 0 spiro atoms. The number of allylic oxidation sites excluding steroid dienone is 7. The molecular formula is C108H119N9O24P3-. The zero-order valence-electron chi connectivity index (χ0n) is 81.1. The molecule has 0 radical (unpaired) electrons. The van der Waals surface area contributed by atoms with Gasteiger partial charge in [0.05, 0.1) is 73.0 Å². The molecule has 8 atom stereocenters. The van der Waals surface area contributed by atoms with Crippen molar-refractivity contribution in [3.05, 3.63) is 285 Å². The third-order valence-corrected chi connectivity index (χ3v) is 31.5. The topological polar surface area (TPSA) is 424 Å². The summed E-state index contributed by atoms with van der Waals surface area (Å²) in [5, 5.41) is 28.5. The van der Waals surface area contributed by atoms with Crippen LogP contribution in [0.25, 0.3) is 11.6 Å². The van der Waals surface area contributed by atoms with Gasteiger partial charge < -0.3 is 91.6 Å². The van der Waals surface area contributed by atoms with E-state index in [2.05, 4.69) is 111 Å². The van der Waals surface area contributed by atoms with Crippen LogP contribution in [0.15, 0.2) is 185 Å². The lowest BCUT2D eigenvalue weighted by Crippen LogP contribution is -2.45. The van der Waals surface area contributed by atoms with E-state index in [0.717, 1.165) is 179 Å². The minimum atomic E-state index is -5.60. The summed E-state index contributed by atoms with van der Waals surface area (Å²) in [6.07, 6.45) is 14.0. The molecule has 0 aliphatic carbocycles. The summed E-state index contributed by atoms with van der Waals surface area (Å²) < 4.78 is 98.4. The van der Waals surface area contributed by atoms with Crippen molar-refractivity contribution < 1.29 is 108 Å². The number of hydrogen-bond acceptors (Lipinski definition) is 25. The fourth-order valence-electron chi connectivity index (χ4n) is 21.6. The van der Waals surface area contributed by atoms with E-state index in [1.165, 1.54) is 33.8 Å². The van der Waals surface area contributed by atoms with Gasteiger partial charge in [0.1, 0.15) is 43.0 Å². The zero-order chi connectivity index (χ0) is 101. The minimum absolute atomic E-state index is 0.0232. The van der Waals surface area contributed by atoms with E-state index in [4.69, 9.17) is 41.4 Å². The van der Waals surface area contributed by atoms with Gasteiger partial charge in [-0.1, -0.05) is 117 Å². The van der Waals surface area contributed by atoms with E-state index in [9.17, 15) is 72.2 Å². The molecule has 0 bridgehead atoms. The van der Waals surface area contributed by atoms with Crippen LogP contribution < -0.4 is 71.2 Å². The van der Waals surface area contributed by atoms with Gasteiger partial charge in [-0.15, -0.1) is 0 Å². The van der Waals surface area contributed by atoms with Crippen LogP contribution in [0.3, 0.4) is 0 Å². The summed E-state index contributed by atoms with van der Waals surface area (Å²) in [6.45, 7) is 11.4. The Morgan fingerprint density at radius 3 is 2.17 bits per heavy atom. The Bertz CT molecular complexity index is 7020. The number of carboxylic acids is 1. The number of benzene rings is 7. The van der Waals surface area contributed by atoms with Crippen molar-refractivity contribution in [3.8, 4) is 23.3 Å². The quantitative estimate of drug-likeness (QED) is 0.00593. The molecule has 10 aliphatic heterocycles. The van der Waals surface area contributed by atoms with Gasteiger partial charge in [-0.05, 0) is 173 Å². The first-order valence-electron chi connectivity index (χ1n) is 49.7. The molecule has 33 nitrogen and oxygen atoms in total. The number of carbonyl (C=O) groups is 5. The molecule has 7 aromatic carbocycles.